The van der Waals surface area contributed by atoms with Gasteiger partial charge in [0.15, 0.2) is 5.96 Å². The smallest absolute Gasteiger partial charge is 0.191 e. The Morgan fingerprint density at radius 2 is 1.68 bits per heavy atom. The molecule has 0 aliphatic heterocycles. The highest BCUT2D eigenvalue weighted by Crippen LogP contribution is 2.16. The van der Waals surface area contributed by atoms with Crippen molar-refractivity contribution in [1.82, 2.24) is 15.5 Å². The fourth-order valence-electron chi connectivity index (χ4n) is 2.19. The van der Waals surface area contributed by atoms with Crippen LogP contribution in [0.4, 0.5) is 0 Å². The molecule has 7 nitrogen and oxygen atoms in total. The molecule has 0 saturated heterocycles. The topological polar surface area (TPSA) is 67.4 Å². The second-order valence-corrected chi connectivity index (χ2v) is 5.60. The summed E-state index contributed by atoms with van der Waals surface area (Å²) in [6, 6.07) is 7.55. The highest BCUT2D eigenvalue weighted by atomic mass is 16.5. The summed E-state index contributed by atoms with van der Waals surface area (Å²) in [5, 5.41) is 6.54. The summed E-state index contributed by atoms with van der Waals surface area (Å²) < 4.78 is 15.9. The quantitative estimate of drug-likeness (QED) is 0.335. The van der Waals surface area contributed by atoms with Crippen LogP contribution in [0.1, 0.15) is 6.42 Å². The van der Waals surface area contributed by atoms with Gasteiger partial charge in [-0.25, -0.2) is 0 Å². The molecule has 0 aliphatic rings. The van der Waals surface area contributed by atoms with Gasteiger partial charge in [-0.1, -0.05) is 0 Å². The molecule has 7 heteroatoms. The van der Waals surface area contributed by atoms with Crippen LogP contribution in [-0.4, -0.2) is 78.6 Å². The summed E-state index contributed by atoms with van der Waals surface area (Å²) in [5.41, 5.74) is 0. The van der Waals surface area contributed by atoms with Gasteiger partial charge < -0.3 is 29.7 Å². The minimum Gasteiger partial charge on any atom is -0.497 e. The van der Waals surface area contributed by atoms with Gasteiger partial charge in [0.2, 0.25) is 0 Å². The first kappa shape index (κ1) is 21.1. The van der Waals surface area contributed by atoms with Gasteiger partial charge in [0.25, 0.3) is 0 Å². The van der Waals surface area contributed by atoms with Crippen LogP contribution in [-0.2, 0) is 4.74 Å². The monoisotopic (exact) mass is 352 g/mol. The molecule has 0 spiro atoms. The van der Waals surface area contributed by atoms with Crippen LogP contribution in [0.25, 0.3) is 0 Å². The molecule has 0 heterocycles. The fourth-order valence-corrected chi connectivity index (χ4v) is 2.19. The Kier molecular flexibility index (Phi) is 11.2. The standard InChI is InChI=1S/C18H32N4O3/c1-19-18(20-10-13-22(2)12-5-14-23-3)21-11-15-25-17-8-6-16(24-4)7-9-17/h6-9H,5,10-15H2,1-4H3,(H2,19,20,21). The van der Waals surface area contributed by atoms with Crippen LogP contribution in [0.2, 0.25) is 0 Å². The molecule has 0 amide bonds. The Bertz CT molecular complexity index is 480. The maximum atomic E-state index is 5.68. The molecule has 25 heavy (non-hydrogen) atoms. The lowest BCUT2D eigenvalue weighted by Gasteiger charge is -2.18. The van der Waals surface area contributed by atoms with Gasteiger partial charge in [-0.15, -0.1) is 0 Å². The number of ether oxygens (including phenoxy) is 3. The van der Waals surface area contributed by atoms with Crippen molar-refractivity contribution < 1.29 is 14.2 Å². The normalized spacial score (nSPS) is 11.5. The van der Waals surface area contributed by atoms with Crippen molar-refractivity contribution in [3.8, 4) is 11.5 Å². The van der Waals surface area contributed by atoms with Crippen molar-refractivity contribution in [3.63, 3.8) is 0 Å². The zero-order valence-corrected chi connectivity index (χ0v) is 15.9. The second kappa shape index (κ2) is 13.3. The maximum absolute atomic E-state index is 5.68. The molecule has 142 valence electrons. The predicted molar refractivity (Wildman–Crippen MR) is 102 cm³/mol. The third-order valence-corrected chi connectivity index (χ3v) is 3.62. The first-order valence-electron chi connectivity index (χ1n) is 8.58. The molecule has 2 N–H and O–H groups in total. The van der Waals surface area contributed by atoms with E-state index in [2.05, 4.69) is 27.6 Å². The summed E-state index contributed by atoms with van der Waals surface area (Å²) in [5.74, 6) is 2.43. The zero-order chi connectivity index (χ0) is 18.3. The SMILES string of the molecule is CN=C(NCCOc1ccc(OC)cc1)NCCN(C)CCCOC. The lowest BCUT2D eigenvalue weighted by atomic mass is 10.3. The van der Waals surface area contributed by atoms with E-state index in [0.29, 0.717) is 13.2 Å². The van der Waals surface area contributed by atoms with E-state index in [1.54, 1.807) is 21.3 Å². The molecule has 0 saturated carbocycles. The van der Waals surface area contributed by atoms with E-state index in [9.17, 15) is 0 Å². The number of methoxy groups -OCH3 is 2. The number of aliphatic imine (C=N–C) groups is 1. The number of benzene rings is 1. The molecular weight excluding hydrogens is 320 g/mol. The summed E-state index contributed by atoms with van der Waals surface area (Å²) in [6.45, 7) is 4.85. The van der Waals surface area contributed by atoms with Crippen LogP contribution in [0.3, 0.4) is 0 Å². The van der Waals surface area contributed by atoms with E-state index < -0.39 is 0 Å². The number of guanidine groups is 1. The second-order valence-electron chi connectivity index (χ2n) is 5.60. The Labute approximate surface area is 151 Å². The molecular formula is C18H32N4O3. The molecule has 0 aromatic heterocycles. The number of nitrogens with one attached hydrogen (secondary N) is 2. The number of rotatable bonds is 12. The molecule has 0 atom stereocenters. The van der Waals surface area contributed by atoms with Crippen molar-refractivity contribution in [3.05, 3.63) is 24.3 Å². The third kappa shape index (κ3) is 9.79. The van der Waals surface area contributed by atoms with Crippen molar-refractivity contribution in [1.29, 1.82) is 0 Å². The van der Waals surface area contributed by atoms with Gasteiger partial charge >= 0.3 is 0 Å². The number of hydrogen-bond acceptors (Lipinski definition) is 5. The van der Waals surface area contributed by atoms with Crippen LogP contribution < -0.4 is 20.1 Å². The average molecular weight is 352 g/mol. The molecule has 0 bridgehead atoms. The summed E-state index contributed by atoms with van der Waals surface area (Å²) >= 11 is 0. The molecule has 0 fully saturated rings. The number of nitrogens with zero attached hydrogens (tertiary/aromatic N) is 2. The minimum atomic E-state index is 0.559. The van der Waals surface area contributed by atoms with E-state index in [4.69, 9.17) is 14.2 Å². The van der Waals surface area contributed by atoms with Crippen LogP contribution in [0.15, 0.2) is 29.3 Å². The molecule has 0 aliphatic carbocycles. The van der Waals surface area contributed by atoms with Crippen molar-refractivity contribution in [2.45, 2.75) is 6.42 Å². The number of hydrogen-bond donors (Lipinski definition) is 2. The van der Waals surface area contributed by atoms with Gasteiger partial charge in [-0.2, -0.15) is 0 Å². The van der Waals surface area contributed by atoms with Crippen molar-refractivity contribution >= 4 is 5.96 Å². The Morgan fingerprint density at radius 3 is 2.32 bits per heavy atom. The largest absolute Gasteiger partial charge is 0.497 e. The summed E-state index contributed by atoms with van der Waals surface area (Å²) in [6.07, 6.45) is 1.04. The van der Waals surface area contributed by atoms with Gasteiger partial charge in [0, 0.05) is 40.4 Å². The van der Waals surface area contributed by atoms with Gasteiger partial charge in [0.1, 0.15) is 18.1 Å². The zero-order valence-electron chi connectivity index (χ0n) is 15.9. The average Bonchev–Trinajstić information content (AvgIpc) is 2.64. The molecule has 0 radical (unpaired) electrons. The first-order valence-corrected chi connectivity index (χ1v) is 8.58. The van der Waals surface area contributed by atoms with Crippen molar-refractivity contribution in [2.75, 3.05) is 67.7 Å². The summed E-state index contributed by atoms with van der Waals surface area (Å²) in [4.78, 5) is 6.48. The third-order valence-electron chi connectivity index (χ3n) is 3.62. The Hall–Kier alpha value is -1.99. The van der Waals surface area contributed by atoms with Gasteiger partial charge in [-0.3, -0.25) is 4.99 Å². The van der Waals surface area contributed by atoms with E-state index >= 15 is 0 Å². The number of likely N-dealkylation sites (N-methyl/N-ethyl adjacent to an activating group) is 1. The van der Waals surface area contributed by atoms with E-state index in [-0.39, 0.29) is 0 Å². The van der Waals surface area contributed by atoms with E-state index in [1.165, 1.54) is 0 Å². The lowest BCUT2D eigenvalue weighted by Crippen LogP contribution is -2.42. The molecule has 0 unspecified atom stereocenters. The maximum Gasteiger partial charge on any atom is 0.191 e. The van der Waals surface area contributed by atoms with Crippen LogP contribution in [0.5, 0.6) is 11.5 Å². The highest BCUT2D eigenvalue weighted by Gasteiger charge is 2.01. The minimum absolute atomic E-state index is 0.559. The van der Waals surface area contributed by atoms with Crippen molar-refractivity contribution in [2.24, 2.45) is 4.99 Å². The Morgan fingerprint density at radius 1 is 1.00 bits per heavy atom. The van der Waals surface area contributed by atoms with Crippen LogP contribution in [0, 0.1) is 0 Å². The predicted octanol–water partition coefficient (Wildman–Crippen LogP) is 1.21. The summed E-state index contributed by atoms with van der Waals surface area (Å²) in [7, 11) is 7.25. The van der Waals surface area contributed by atoms with Crippen LogP contribution >= 0.6 is 0 Å². The molecule has 1 aromatic rings. The first-order chi connectivity index (χ1) is 12.2. The van der Waals surface area contributed by atoms with E-state index in [0.717, 1.165) is 50.1 Å². The van der Waals surface area contributed by atoms with Gasteiger partial charge in [0.05, 0.1) is 13.7 Å². The van der Waals surface area contributed by atoms with E-state index in [1.807, 2.05) is 24.3 Å². The van der Waals surface area contributed by atoms with Gasteiger partial charge in [-0.05, 0) is 37.7 Å². The molecule has 1 aromatic carbocycles. The fraction of sp³-hybridized carbons (Fsp3) is 0.611. The lowest BCUT2D eigenvalue weighted by molar-refractivity contribution is 0.180. The Balaban J connectivity index is 2.13. The molecule has 1 rings (SSSR count). The highest BCUT2D eigenvalue weighted by molar-refractivity contribution is 5.79.